The van der Waals surface area contributed by atoms with E-state index in [1.807, 2.05) is 66.7 Å². The Bertz CT molecular complexity index is 1360. The van der Waals surface area contributed by atoms with Crippen LogP contribution in [0.2, 0.25) is 0 Å². The molecule has 1 aromatic heterocycles. The van der Waals surface area contributed by atoms with Crippen LogP contribution in [0.4, 0.5) is 0 Å². The van der Waals surface area contributed by atoms with Crippen LogP contribution in [0, 0.1) is 6.92 Å². The van der Waals surface area contributed by atoms with Gasteiger partial charge in [0, 0.05) is 30.3 Å². The van der Waals surface area contributed by atoms with Gasteiger partial charge in [0.05, 0.1) is 11.3 Å². The Labute approximate surface area is 239 Å². The second-order valence-electron chi connectivity index (χ2n) is 9.03. The molecule has 206 valence electrons. The Kier molecular flexibility index (Phi) is 11.5. The molecule has 0 fully saturated rings. The molecule has 1 heterocycles. The van der Waals surface area contributed by atoms with E-state index >= 15 is 0 Å². The summed E-state index contributed by atoms with van der Waals surface area (Å²) in [6, 6.07) is 17.4. The molecule has 0 aliphatic heterocycles. The molecule has 2 amide bonds. The van der Waals surface area contributed by atoms with E-state index in [4.69, 9.17) is 10.7 Å². The Hall–Kier alpha value is -3.27. The summed E-state index contributed by atoms with van der Waals surface area (Å²) in [6.07, 6.45) is 8.12. The number of rotatable bonds is 11. The van der Waals surface area contributed by atoms with Crippen LogP contribution in [0.15, 0.2) is 71.9 Å². The van der Waals surface area contributed by atoms with Crippen molar-refractivity contribution in [2.24, 2.45) is 10.7 Å². The zero-order valence-electron chi connectivity index (χ0n) is 23.2. The van der Waals surface area contributed by atoms with Crippen LogP contribution in [0.1, 0.15) is 47.4 Å². The van der Waals surface area contributed by atoms with Gasteiger partial charge < -0.3 is 16.4 Å². The minimum absolute atomic E-state index is 0.272. The number of benzene rings is 2. The predicted octanol–water partition coefficient (Wildman–Crippen LogP) is 5.50. The van der Waals surface area contributed by atoms with Gasteiger partial charge in [-0.2, -0.15) is 11.8 Å². The maximum Gasteiger partial charge on any atom is 0.253 e. The number of carbonyl (C=O) groups is 2. The summed E-state index contributed by atoms with van der Waals surface area (Å²) in [6.45, 7) is 6.10. The molecule has 4 N–H and O–H groups in total. The van der Waals surface area contributed by atoms with Gasteiger partial charge in [0.2, 0.25) is 5.91 Å². The van der Waals surface area contributed by atoms with Crippen molar-refractivity contribution in [3.05, 3.63) is 89.3 Å². The predicted molar refractivity (Wildman–Crippen MR) is 167 cm³/mol. The van der Waals surface area contributed by atoms with Gasteiger partial charge in [-0.25, -0.2) is 4.99 Å². The molecule has 1 atom stereocenters. The summed E-state index contributed by atoms with van der Waals surface area (Å²) < 4.78 is 1.92. The van der Waals surface area contributed by atoms with Crippen molar-refractivity contribution in [2.45, 2.75) is 39.8 Å². The molecule has 9 heteroatoms. The molecular formula is C30H37N5O2S2. The molecule has 0 unspecified atom stereocenters. The smallest absolute Gasteiger partial charge is 0.253 e. The van der Waals surface area contributed by atoms with E-state index in [1.165, 1.54) is 11.9 Å². The third-order valence-electron chi connectivity index (χ3n) is 6.18. The maximum atomic E-state index is 13.2. The Morgan fingerprint density at radius 2 is 1.79 bits per heavy atom. The lowest BCUT2D eigenvalue weighted by molar-refractivity contribution is -0.121. The van der Waals surface area contributed by atoms with E-state index in [-0.39, 0.29) is 11.8 Å². The molecule has 7 nitrogen and oxygen atoms in total. The first-order valence-electron chi connectivity index (χ1n) is 12.7. The zero-order chi connectivity index (χ0) is 28.4. The number of carbonyl (C=O) groups excluding carboxylic acids is 2. The first-order valence-corrected chi connectivity index (χ1v) is 15.3. The standard InChI is InChI=1S/C30H37N5O2S2/c1-6-27(25-12-8-11-24(17-25)23-10-7-9-22(16-23)18-31)32-21(3)33-30(37)28(13-14-38-4)34-29(36)26-15-20(2)35(19-26)39-5/h6-12,15-17,19,28H,13-14,18,31H2,1-5H3,(H,34,36)(H,32,33,37)/b27-6-/t28-/m0/s1. The van der Waals surface area contributed by atoms with E-state index in [1.54, 1.807) is 24.9 Å². The molecule has 0 spiro atoms. The van der Waals surface area contributed by atoms with Crippen LogP contribution in [0.3, 0.4) is 0 Å². The van der Waals surface area contributed by atoms with Crippen molar-refractivity contribution in [2.75, 3.05) is 18.3 Å². The topological polar surface area (TPSA) is 102 Å². The quantitative estimate of drug-likeness (QED) is 0.211. The lowest BCUT2D eigenvalue weighted by Gasteiger charge is -2.18. The van der Waals surface area contributed by atoms with Crippen LogP contribution >= 0.6 is 23.7 Å². The van der Waals surface area contributed by atoms with Gasteiger partial charge >= 0.3 is 0 Å². The van der Waals surface area contributed by atoms with Gasteiger partial charge in [-0.05, 0) is 86.0 Å². The normalized spacial score (nSPS) is 12.8. The van der Waals surface area contributed by atoms with Crippen LogP contribution in [-0.2, 0) is 11.3 Å². The second-order valence-corrected chi connectivity index (χ2v) is 10.8. The number of nitrogens with two attached hydrogens (primary N) is 1. The Morgan fingerprint density at radius 3 is 2.44 bits per heavy atom. The van der Waals surface area contributed by atoms with Gasteiger partial charge in [-0.15, -0.1) is 0 Å². The minimum atomic E-state index is -0.680. The van der Waals surface area contributed by atoms with Crippen molar-refractivity contribution >= 4 is 47.1 Å². The Balaban J connectivity index is 1.75. The molecule has 0 saturated heterocycles. The zero-order valence-corrected chi connectivity index (χ0v) is 24.8. The van der Waals surface area contributed by atoms with Crippen molar-refractivity contribution in [1.29, 1.82) is 0 Å². The molecule has 0 aliphatic carbocycles. The summed E-state index contributed by atoms with van der Waals surface area (Å²) in [4.78, 5) is 30.8. The van der Waals surface area contributed by atoms with Crippen LogP contribution < -0.4 is 16.4 Å². The van der Waals surface area contributed by atoms with E-state index in [2.05, 4.69) is 34.9 Å². The molecule has 3 rings (SSSR count). The summed E-state index contributed by atoms with van der Waals surface area (Å²) in [7, 11) is 0. The van der Waals surface area contributed by atoms with Gasteiger partial charge in [0.15, 0.2) is 0 Å². The number of hydrogen-bond acceptors (Lipinski definition) is 6. The first-order chi connectivity index (χ1) is 18.8. The van der Waals surface area contributed by atoms with Gasteiger partial charge in [-0.1, -0.05) is 42.5 Å². The maximum absolute atomic E-state index is 13.2. The number of aromatic nitrogens is 1. The fourth-order valence-electron chi connectivity index (χ4n) is 4.13. The molecule has 39 heavy (non-hydrogen) atoms. The van der Waals surface area contributed by atoms with E-state index in [9.17, 15) is 9.59 Å². The fourth-order valence-corrected chi connectivity index (χ4v) is 5.16. The van der Waals surface area contributed by atoms with Gasteiger partial charge in [0.1, 0.15) is 11.9 Å². The number of aryl methyl sites for hydroxylation is 1. The first kappa shape index (κ1) is 30.3. The highest BCUT2D eigenvalue weighted by Crippen LogP contribution is 2.25. The third kappa shape index (κ3) is 8.36. The number of allylic oxidation sites excluding steroid dienone is 1. The van der Waals surface area contributed by atoms with E-state index < -0.39 is 6.04 Å². The molecule has 0 saturated carbocycles. The summed E-state index contributed by atoms with van der Waals surface area (Å²) in [5.74, 6) is 0.628. The monoisotopic (exact) mass is 563 g/mol. The number of nitrogens with one attached hydrogen (secondary N) is 2. The number of amidine groups is 1. The minimum Gasteiger partial charge on any atom is -0.340 e. The summed E-state index contributed by atoms with van der Waals surface area (Å²) in [5, 5.41) is 5.80. The van der Waals surface area contributed by atoms with Crippen molar-refractivity contribution < 1.29 is 9.59 Å². The van der Waals surface area contributed by atoms with Crippen LogP contribution in [-0.4, -0.2) is 45.9 Å². The summed E-state index contributed by atoms with van der Waals surface area (Å²) in [5.41, 5.74) is 12.2. The molecule has 0 aliphatic rings. The fraction of sp³-hybridized carbons (Fsp3) is 0.300. The molecule has 0 bridgehead atoms. The van der Waals surface area contributed by atoms with Crippen LogP contribution in [0.25, 0.3) is 16.8 Å². The molecule has 0 radical (unpaired) electrons. The van der Waals surface area contributed by atoms with Crippen molar-refractivity contribution in [3.8, 4) is 11.1 Å². The van der Waals surface area contributed by atoms with Crippen LogP contribution in [0.5, 0.6) is 0 Å². The number of hydrogen-bond donors (Lipinski definition) is 3. The second kappa shape index (κ2) is 14.8. The highest BCUT2D eigenvalue weighted by Gasteiger charge is 2.22. The number of amides is 2. The lowest BCUT2D eigenvalue weighted by Crippen LogP contribution is -2.48. The van der Waals surface area contributed by atoms with Gasteiger partial charge in [0.25, 0.3) is 5.91 Å². The van der Waals surface area contributed by atoms with E-state index in [0.29, 0.717) is 24.4 Å². The average Bonchev–Trinajstić information content (AvgIpc) is 3.34. The molecule has 3 aromatic rings. The van der Waals surface area contributed by atoms with Crippen molar-refractivity contribution in [3.63, 3.8) is 0 Å². The SMILES string of the molecule is C/C=C(\N=C(C)NC(=O)[C@H](CCSC)NC(=O)c1cc(C)n(SC)c1)c1cccc(-c2cccc(CN)c2)c1. The highest BCUT2D eigenvalue weighted by atomic mass is 32.2. The summed E-state index contributed by atoms with van der Waals surface area (Å²) >= 11 is 3.14. The number of aliphatic imine (C=N–C) groups is 1. The van der Waals surface area contributed by atoms with Gasteiger partial charge in [-0.3, -0.25) is 13.6 Å². The highest BCUT2D eigenvalue weighted by molar-refractivity contribution is 7.98. The number of thioether (sulfide) groups is 1. The third-order valence-corrected chi connectivity index (χ3v) is 7.61. The van der Waals surface area contributed by atoms with Crippen molar-refractivity contribution in [1.82, 2.24) is 14.6 Å². The molecule has 2 aromatic carbocycles. The number of nitrogens with zero attached hydrogens (tertiary/aromatic N) is 2. The largest absolute Gasteiger partial charge is 0.340 e. The van der Waals surface area contributed by atoms with E-state index in [0.717, 1.165) is 39.4 Å². The molecular weight excluding hydrogens is 526 g/mol. The lowest BCUT2D eigenvalue weighted by atomic mass is 10.00. The Morgan fingerprint density at radius 1 is 1.08 bits per heavy atom. The average molecular weight is 564 g/mol.